The molecule has 4 heterocycles. The molecule has 2 aromatic rings. The fourth-order valence-corrected chi connectivity index (χ4v) is 6.18. The minimum atomic E-state index is 0.0925. The summed E-state index contributed by atoms with van der Waals surface area (Å²) in [7, 11) is 0. The van der Waals surface area contributed by atoms with Gasteiger partial charge in [-0.15, -0.1) is 11.3 Å². The summed E-state index contributed by atoms with van der Waals surface area (Å²) in [5, 5.41) is 1.06. The number of aryl methyl sites for hydroxylation is 1. The molecule has 1 amide bonds. The molecule has 6 heteroatoms. The van der Waals surface area contributed by atoms with Crippen LogP contribution in [0.5, 0.6) is 0 Å². The number of thiazole rings is 1. The first-order chi connectivity index (χ1) is 13.7. The van der Waals surface area contributed by atoms with Crippen LogP contribution in [0.2, 0.25) is 0 Å². The number of pyridine rings is 1. The number of hydrogen-bond donors (Lipinski definition) is 0. The molecular weight excluding hydrogens is 370 g/mol. The molecule has 0 bridgehead atoms. The molecule has 148 valence electrons. The van der Waals surface area contributed by atoms with Gasteiger partial charge >= 0.3 is 0 Å². The second kappa shape index (κ2) is 7.56. The Morgan fingerprint density at radius 1 is 1.21 bits per heavy atom. The lowest BCUT2D eigenvalue weighted by Gasteiger charge is -2.46. The number of aromatic nitrogens is 2. The fraction of sp³-hybridized carbons (Fsp3) is 0.591. The molecule has 0 N–H and O–H groups in total. The van der Waals surface area contributed by atoms with Gasteiger partial charge in [-0.05, 0) is 56.1 Å². The van der Waals surface area contributed by atoms with E-state index in [1.807, 2.05) is 24.5 Å². The van der Waals surface area contributed by atoms with E-state index >= 15 is 0 Å². The summed E-state index contributed by atoms with van der Waals surface area (Å²) in [4.78, 5) is 25.8. The molecule has 2 fully saturated rings. The van der Waals surface area contributed by atoms with Crippen molar-refractivity contribution >= 4 is 17.2 Å². The molecule has 28 heavy (non-hydrogen) atoms. The van der Waals surface area contributed by atoms with E-state index in [1.165, 1.54) is 11.3 Å². The number of carbonyl (C=O) groups excluding carboxylic acids is 1. The number of ether oxygens (including phenoxy) is 1. The van der Waals surface area contributed by atoms with Gasteiger partial charge in [-0.1, -0.05) is 0 Å². The quantitative estimate of drug-likeness (QED) is 0.775. The largest absolute Gasteiger partial charge is 0.381 e. The number of nitrogens with zero attached hydrogens (tertiary/aromatic N) is 3. The van der Waals surface area contributed by atoms with Crippen molar-refractivity contribution in [3.63, 3.8) is 0 Å². The molecule has 0 radical (unpaired) electrons. The van der Waals surface area contributed by atoms with E-state index in [4.69, 9.17) is 9.72 Å². The Hall–Kier alpha value is -1.79. The first-order valence-corrected chi connectivity index (χ1v) is 11.3. The van der Waals surface area contributed by atoms with Crippen molar-refractivity contribution in [3.05, 3.63) is 35.1 Å². The van der Waals surface area contributed by atoms with Crippen LogP contribution in [0.4, 0.5) is 0 Å². The molecular formula is C22H27N3O2S. The number of fused-ring (bicyclic) bond motifs is 1. The Morgan fingerprint density at radius 2 is 2.04 bits per heavy atom. The summed E-state index contributed by atoms with van der Waals surface area (Å²) in [5.41, 5.74) is 2.56. The minimum Gasteiger partial charge on any atom is -0.381 e. The summed E-state index contributed by atoms with van der Waals surface area (Å²) in [5.74, 6) is 0.449. The highest BCUT2D eigenvalue weighted by atomic mass is 32.1. The molecule has 3 aliphatic rings. The predicted octanol–water partition coefficient (Wildman–Crippen LogP) is 3.73. The van der Waals surface area contributed by atoms with Gasteiger partial charge in [-0.25, -0.2) is 4.98 Å². The van der Waals surface area contributed by atoms with Gasteiger partial charge in [-0.3, -0.25) is 9.78 Å². The first-order valence-electron chi connectivity index (χ1n) is 10.5. The van der Waals surface area contributed by atoms with Crippen LogP contribution in [-0.2, 0) is 22.4 Å². The smallest absolute Gasteiger partial charge is 0.226 e. The van der Waals surface area contributed by atoms with Gasteiger partial charge in [0.2, 0.25) is 5.91 Å². The zero-order valence-corrected chi connectivity index (χ0v) is 17.0. The second-order valence-corrected chi connectivity index (χ2v) is 9.62. The topological polar surface area (TPSA) is 55.3 Å². The zero-order chi connectivity index (χ0) is 19.0. The van der Waals surface area contributed by atoms with Crippen LogP contribution in [0, 0.1) is 11.3 Å². The van der Waals surface area contributed by atoms with Crippen LogP contribution >= 0.6 is 11.3 Å². The van der Waals surface area contributed by atoms with Crippen LogP contribution in [0.25, 0.3) is 10.6 Å². The lowest BCUT2D eigenvalue weighted by molar-refractivity contribution is -0.141. The maximum Gasteiger partial charge on any atom is 0.226 e. The lowest BCUT2D eigenvalue weighted by atomic mass is 9.73. The average molecular weight is 398 g/mol. The number of amides is 1. The SMILES string of the molecule is O=C(C1CCc2sc(-c3ccncc3)nc2C1)N1CCCC2(CCOCC2)C1. The highest BCUT2D eigenvalue weighted by Crippen LogP contribution is 2.40. The molecule has 5 rings (SSSR count). The van der Waals surface area contributed by atoms with Crippen LogP contribution in [-0.4, -0.2) is 47.1 Å². The van der Waals surface area contributed by atoms with E-state index in [-0.39, 0.29) is 5.92 Å². The Labute approximate surface area is 170 Å². The normalized spacial score (nSPS) is 24.1. The lowest BCUT2D eigenvalue weighted by Crippen LogP contribution is -2.50. The van der Waals surface area contributed by atoms with E-state index in [1.54, 1.807) is 11.3 Å². The van der Waals surface area contributed by atoms with Crippen molar-refractivity contribution < 1.29 is 9.53 Å². The van der Waals surface area contributed by atoms with Crippen LogP contribution < -0.4 is 0 Å². The van der Waals surface area contributed by atoms with Gasteiger partial charge in [0.05, 0.1) is 5.69 Å². The molecule has 1 aliphatic carbocycles. The van der Waals surface area contributed by atoms with Crippen LogP contribution in [0.15, 0.2) is 24.5 Å². The van der Waals surface area contributed by atoms with Crippen molar-refractivity contribution in [1.29, 1.82) is 0 Å². The van der Waals surface area contributed by atoms with Gasteiger partial charge in [0.1, 0.15) is 5.01 Å². The summed E-state index contributed by atoms with van der Waals surface area (Å²) >= 11 is 1.78. The van der Waals surface area contributed by atoms with Crippen molar-refractivity contribution in [1.82, 2.24) is 14.9 Å². The molecule has 0 saturated carbocycles. The highest BCUT2D eigenvalue weighted by Gasteiger charge is 2.40. The van der Waals surface area contributed by atoms with Crippen LogP contribution in [0.3, 0.4) is 0 Å². The number of carbonyl (C=O) groups is 1. The minimum absolute atomic E-state index is 0.0925. The fourth-order valence-electron chi connectivity index (χ4n) is 5.07. The van der Waals surface area contributed by atoms with Crippen LogP contribution in [0.1, 0.15) is 42.7 Å². The van der Waals surface area contributed by atoms with E-state index in [2.05, 4.69) is 9.88 Å². The first kappa shape index (κ1) is 18.3. The Kier molecular flexibility index (Phi) is 4.93. The molecule has 1 unspecified atom stereocenters. The van der Waals surface area contributed by atoms with Gasteiger partial charge in [-0.2, -0.15) is 0 Å². The molecule has 1 spiro atoms. The maximum absolute atomic E-state index is 13.3. The van der Waals surface area contributed by atoms with Crippen molar-refractivity contribution in [3.8, 4) is 10.6 Å². The molecule has 1 atom stereocenters. The number of piperidine rings is 1. The summed E-state index contributed by atoms with van der Waals surface area (Å²) < 4.78 is 5.57. The zero-order valence-electron chi connectivity index (χ0n) is 16.2. The third kappa shape index (κ3) is 3.48. The molecule has 2 saturated heterocycles. The molecule has 5 nitrogen and oxygen atoms in total. The Bertz CT molecular complexity index is 839. The Morgan fingerprint density at radius 3 is 2.86 bits per heavy atom. The summed E-state index contributed by atoms with van der Waals surface area (Å²) in [6, 6.07) is 4.02. The number of hydrogen-bond acceptors (Lipinski definition) is 5. The van der Waals surface area contributed by atoms with E-state index in [0.29, 0.717) is 11.3 Å². The number of likely N-dealkylation sites (tertiary alicyclic amines) is 1. The second-order valence-electron chi connectivity index (χ2n) is 8.54. The maximum atomic E-state index is 13.3. The third-order valence-electron chi connectivity index (χ3n) is 6.74. The predicted molar refractivity (Wildman–Crippen MR) is 109 cm³/mol. The molecule has 2 aromatic heterocycles. The van der Waals surface area contributed by atoms with Gasteiger partial charge in [0.25, 0.3) is 0 Å². The average Bonchev–Trinajstić information content (AvgIpc) is 3.18. The van der Waals surface area contributed by atoms with E-state index in [0.717, 1.165) is 81.1 Å². The highest BCUT2D eigenvalue weighted by molar-refractivity contribution is 7.15. The number of rotatable bonds is 2. The Balaban J connectivity index is 1.29. The third-order valence-corrected chi connectivity index (χ3v) is 7.95. The molecule has 2 aliphatic heterocycles. The van der Waals surface area contributed by atoms with E-state index < -0.39 is 0 Å². The van der Waals surface area contributed by atoms with Gasteiger partial charge in [0, 0.05) is 61.5 Å². The molecule has 0 aromatic carbocycles. The van der Waals surface area contributed by atoms with Gasteiger partial charge < -0.3 is 9.64 Å². The standard InChI is InChI=1S/C22H27N3O2S/c26-21(25-11-1-6-22(15-25)7-12-27-13-8-22)17-2-3-19-18(14-17)24-20(28-19)16-4-9-23-10-5-16/h4-5,9-10,17H,1-3,6-8,11-15H2. The van der Waals surface area contributed by atoms with Crippen molar-refractivity contribution in [2.45, 2.75) is 44.9 Å². The summed E-state index contributed by atoms with van der Waals surface area (Å²) in [6.45, 7) is 3.55. The van der Waals surface area contributed by atoms with E-state index in [9.17, 15) is 4.79 Å². The van der Waals surface area contributed by atoms with Gasteiger partial charge in [0.15, 0.2) is 0 Å². The monoisotopic (exact) mass is 397 g/mol. The van der Waals surface area contributed by atoms with Crippen molar-refractivity contribution in [2.75, 3.05) is 26.3 Å². The van der Waals surface area contributed by atoms with Crippen molar-refractivity contribution in [2.24, 2.45) is 11.3 Å². The summed E-state index contributed by atoms with van der Waals surface area (Å²) in [6.07, 6.45) is 10.9.